The Morgan fingerprint density at radius 3 is 2.56 bits per heavy atom. The van der Waals surface area contributed by atoms with Crippen molar-refractivity contribution in [2.24, 2.45) is 70.0 Å². The van der Waals surface area contributed by atoms with Gasteiger partial charge in [-0.05, 0) is 116 Å². The third-order valence-corrected chi connectivity index (χ3v) is 11.8. The van der Waals surface area contributed by atoms with Gasteiger partial charge in [-0.1, -0.05) is 25.0 Å². The van der Waals surface area contributed by atoms with Gasteiger partial charge in [-0.15, -0.1) is 0 Å². The minimum absolute atomic E-state index is 0.388. The van der Waals surface area contributed by atoms with Crippen LogP contribution in [0.25, 0.3) is 0 Å². The first-order valence-electron chi connectivity index (χ1n) is 12.0. The fourth-order valence-corrected chi connectivity index (χ4v) is 11.5. The zero-order chi connectivity index (χ0) is 18.1. The van der Waals surface area contributed by atoms with E-state index in [4.69, 9.17) is 0 Å². The highest BCUT2D eigenvalue weighted by molar-refractivity contribution is 5.76. The van der Waals surface area contributed by atoms with E-state index in [0.717, 1.165) is 29.6 Å². The Kier molecular flexibility index (Phi) is 2.88. The number of allylic oxidation sites excluding steroid dienone is 2. The Bertz CT molecular complexity index is 741. The molecule has 0 aliphatic heterocycles. The Balaban J connectivity index is 1.37. The molecule has 7 rings (SSSR count). The van der Waals surface area contributed by atoms with Crippen LogP contribution >= 0.6 is 0 Å². The number of aliphatic carboxylic acids is 1. The van der Waals surface area contributed by atoms with Crippen LogP contribution in [0.4, 0.5) is 0 Å². The van der Waals surface area contributed by atoms with E-state index in [-0.39, 0.29) is 0 Å². The maximum Gasteiger partial charge on any atom is 0.309 e. The molecule has 146 valence electrons. The van der Waals surface area contributed by atoms with Crippen molar-refractivity contribution in [3.05, 3.63) is 12.2 Å². The Morgan fingerprint density at radius 2 is 1.74 bits per heavy atom. The highest BCUT2D eigenvalue weighted by Gasteiger charge is 2.77. The Labute approximate surface area is 163 Å². The molecule has 7 aliphatic rings. The van der Waals surface area contributed by atoms with Crippen LogP contribution in [-0.4, -0.2) is 11.1 Å². The van der Waals surface area contributed by atoms with Crippen LogP contribution in [0.15, 0.2) is 12.2 Å². The lowest BCUT2D eigenvalue weighted by molar-refractivity contribution is -0.169. The maximum absolute atomic E-state index is 12.9. The van der Waals surface area contributed by atoms with Gasteiger partial charge in [-0.3, -0.25) is 4.79 Å². The van der Waals surface area contributed by atoms with Gasteiger partial charge in [-0.2, -0.15) is 0 Å². The first kappa shape index (κ1) is 16.1. The van der Waals surface area contributed by atoms with Gasteiger partial charge in [-0.25, -0.2) is 0 Å². The number of hydrogen-bond acceptors (Lipinski definition) is 1. The van der Waals surface area contributed by atoms with Gasteiger partial charge in [0.05, 0.1) is 5.41 Å². The molecule has 7 aliphatic carbocycles. The summed E-state index contributed by atoms with van der Waals surface area (Å²) in [6.45, 7) is 2.22. The molecule has 6 bridgehead atoms. The Morgan fingerprint density at radius 1 is 0.963 bits per heavy atom. The van der Waals surface area contributed by atoms with Gasteiger partial charge in [0.2, 0.25) is 0 Å². The molecule has 0 heterocycles. The zero-order valence-corrected chi connectivity index (χ0v) is 16.6. The van der Waals surface area contributed by atoms with Crippen molar-refractivity contribution < 1.29 is 9.90 Å². The molecule has 0 aromatic rings. The summed E-state index contributed by atoms with van der Waals surface area (Å²) in [7, 11) is 0. The third-order valence-electron chi connectivity index (χ3n) is 11.8. The molecule has 0 radical (unpaired) electrons. The summed E-state index contributed by atoms with van der Waals surface area (Å²) in [5.41, 5.74) is -0.0653. The molecule has 27 heavy (non-hydrogen) atoms. The van der Waals surface area contributed by atoms with E-state index >= 15 is 0 Å². The van der Waals surface area contributed by atoms with E-state index in [0.29, 0.717) is 35.0 Å². The number of rotatable bonds is 2. The monoisotopic (exact) mass is 366 g/mol. The lowest BCUT2D eigenvalue weighted by Crippen LogP contribution is -2.55. The second-order valence-electron chi connectivity index (χ2n) is 12.0. The summed E-state index contributed by atoms with van der Waals surface area (Å²) in [6, 6.07) is 0. The largest absolute Gasteiger partial charge is 0.481 e. The Hall–Kier alpha value is -0.790. The topological polar surface area (TPSA) is 37.3 Å². The standard InChI is InChI=1S/C25H34O2/c1-24(23(26)27)19-11-17(20-13-6-7-14(10-13)21(19)20)22(24)25-9-8-15(12-25)16-4-2-3-5-18(16)25/h6-7,13-22H,2-5,8-12H2,1H3,(H,26,27). The molecule has 2 heteroatoms. The fraction of sp³-hybridized carbons (Fsp3) is 0.880. The van der Waals surface area contributed by atoms with Gasteiger partial charge < -0.3 is 5.11 Å². The fourth-order valence-electron chi connectivity index (χ4n) is 11.5. The van der Waals surface area contributed by atoms with Crippen molar-refractivity contribution in [2.45, 2.75) is 64.7 Å². The van der Waals surface area contributed by atoms with Crippen molar-refractivity contribution in [1.82, 2.24) is 0 Å². The zero-order valence-electron chi connectivity index (χ0n) is 16.6. The molecule has 1 N–H and O–H groups in total. The molecule has 0 aromatic carbocycles. The van der Waals surface area contributed by atoms with E-state index in [1.165, 1.54) is 57.8 Å². The summed E-state index contributed by atoms with van der Waals surface area (Å²) < 4.78 is 0. The quantitative estimate of drug-likeness (QED) is 0.526. The first-order valence-corrected chi connectivity index (χ1v) is 12.0. The van der Waals surface area contributed by atoms with Crippen LogP contribution in [-0.2, 0) is 4.79 Å². The van der Waals surface area contributed by atoms with Crippen LogP contribution < -0.4 is 0 Å². The van der Waals surface area contributed by atoms with E-state index in [9.17, 15) is 9.90 Å². The van der Waals surface area contributed by atoms with Crippen LogP contribution in [0, 0.1) is 70.0 Å². The third kappa shape index (κ3) is 1.60. The lowest BCUT2D eigenvalue weighted by Gasteiger charge is -2.56. The highest BCUT2D eigenvalue weighted by atomic mass is 16.4. The average Bonchev–Trinajstić information content (AvgIpc) is 3.46. The highest BCUT2D eigenvalue weighted by Crippen LogP contribution is 2.80. The van der Waals surface area contributed by atoms with Crippen LogP contribution in [0.5, 0.6) is 0 Å². The van der Waals surface area contributed by atoms with Crippen molar-refractivity contribution in [3.63, 3.8) is 0 Å². The number of carboxylic acid groups (broad SMARTS) is 1. The predicted molar refractivity (Wildman–Crippen MR) is 104 cm³/mol. The smallest absolute Gasteiger partial charge is 0.309 e. The maximum atomic E-state index is 12.9. The van der Waals surface area contributed by atoms with Crippen LogP contribution in [0.2, 0.25) is 0 Å². The SMILES string of the molecule is CC1(C(=O)O)C2CC(C3C4C=CC(C4)C32)C1C12CCC(C1)C1CCCCC12. The number of fused-ring (bicyclic) bond motifs is 14. The number of carboxylic acids is 1. The summed E-state index contributed by atoms with van der Waals surface area (Å²) in [6.07, 6.45) is 17.4. The molecule has 0 amide bonds. The van der Waals surface area contributed by atoms with Crippen molar-refractivity contribution in [1.29, 1.82) is 0 Å². The molecule has 12 unspecified atom stereocenters. The van der Waals surface area contributed by atoms with Gasteiger partial charge in [0.25, 0.3) is 0 Å². The normalized spacial score (nSPS) is 64.3. The van der Waals surface area contributed by atoms with E-state index < -0.39 is 11.4 Å². The van der Waals surface area contributed by atoms with Crippen molar-refractivity contribution >= 4 is 5.97 Å². The summed E-state index contributed by atoms with van der Waals surface area (Å²) >= 11 is 0. The molecule has 0 saturated heterocycles. The van der Waals surface area contributed by atoms with Crippen LogP contribution in [0.3, 0.4) is 0 Å². The van der Waals surface area contributed by atoms with E-state index in [2.05, 4.69) is 19.1 Å². The molecule has 0 spiro atoms. The van der Waals surface area contributed by atoms with E-state index in [1.54, 1.807) is 0 Å². The molecular formula is C25H34O2. The average molecular weight is 367 g/mol. The molecular weight excluding hydrogens is 332 g/mol. The predicted octanol–water partition coefficient (Wildman–Crippen LogP) is 5.39. The van der Waals surface area contributed by atoms with Crippen molar-refractivity contribution in [3.8, 4) is 0 Å². The van der Waals surface area contributed by atoms with Gasteiger partial charge >= 0.3 is 5.97 Å². The van der Waals surface area contributed by atoms with E-state index in [1.807, 2.05) is 0 Å². The summed E-state index contributed by atoms with van der Waals surface area (Å²) in [4.78, 5) is 12.9. The minimum atomic E-state index is -0.453. The van der Waals surface area contributed by atoms with Crippen molar-refractivity contribution in [2.75, 3.05) is 0 Å². The number of carbonyl (C=O) groups is 1. The molecule has 6 fully saturated rings. The summed E-state index contributed by atoms with van der Waals surface area (Å²) in [5, 5.41) is 10.6. The lowest BCUT2D eigenvalue weighted by atomic mass is 9.47. The second-order valence-corrected chi connectivity index (χ2v) is 12.0. The molecule has 12 atom stereocenters. The van der Waals surface area contributed by atoms with Gasteiger partial charge in [0.15, 0.2) is 0 Å². The minimum Gasteiger partial charge on any atom is -0.481 e. The van der Waals surface area contributed by atoms with Gasteiger partial charge in [0, 0.05) is 0 Å². The van der Waals surface area contributed by atoms with Crippen LogP contribution in [0.1, 0.15) is 64.7 Å². The molecule has 2 nitrogen and oxygen atoms in total. The first-order chi connectivity index (χ1) is 13.1. The second kappa shape index (κ2) is 4.85. The number of hydrogen-bond donors (Lipinski definition) is 1. The molecule has 6 saturated carbocycles. The van der Waals surface area contributed by atoms with Gasteiger partial charge in [0.1, 0.15) is 0 Å². The summed E-state index contributed by atoms with van der Waals surface area (Å²) in [5.74, 6) is 6.94. The molecule has 0 aromatic heterocycles.